The molecule has 182 valence electrons. The minimum absolute atomic E-state index is 0.0569. The van der Waals surface area contributed by atoms with Gasteiger partial charge in [-0.05, 0) is 56.2 Å². The third-order valence-electron chi connectivity index (χ3n) is 5.15. The van der Waals surface area contributed by atoms with Crippen LogP contribution in [0.2, 0.25) is 0 Å². The number of hydrogen-bond acceptors (Lipinski definition) is 8. The van der Waals surface area contributed by atoms with Gasteiger partial charge in [0.15, 0.2) is 0 Å². The predicted molar refractivity (Wildman–Crippen MR) is 140 cm³/mol. The Morgan fingerprint density at radius 1 is 1.09 bits per heavy atom. The van der Waals surface area contributed by atoms with Gasteiger partial charge in [0.25, 0.3) is 5.91 Å². The fourth-order valence-corrected chi connectivity index (χ4v) is 4.71. The molecule has 0 bridgehead atoms. The van der Waals surface area contributed by atoms with Crippen molar-refractivity contribution in [3.63, 3.8) is 0 Å². The van der Waals surface area contributed by atoms with E-state index in [0.717, 1.165) is 21.5 Å². The van der Waals surface area contributed by atoms with Crippen LogP contribution in [0.5, 0.6) is 0 Å². The molecular formula is C24H26N6O3S2. The van der Waals surface area contributed by atoms with Gasteiger partial charge in [0.2, 0.25) is 10.0 Å². The van der Waals surface area contributed by atoms with Gasteiger partial charge in [-0.3, -0.25) is 4.79 Å². The van der Waals surface area contributed by atoms with E-state index in [4.69, 9.17) is 5.14 Å². The maximum atomic E-state index is 12.9. The fraction of sp³-hybridized carbons (Fsp3) is 0.208. The number of thiazole rings is 1. The Balaban J connectivity index is 1.44. The van der Waals surface area contributed by atoms with Crippen molar-refractivity contribution in [1.82, 2.24) is 15.3 Å². The maximum Gasteiger partial charge on any atom is 0.254 e. The summed E-state index contributed by atoms with van der Waals surface area (Å²) >= 11 is 1.57. The average Bonchev–Trinajstić information content (AvgIpc) is 3.26. The molecule has 0 fully saturated rings. The third kappa shape index (κ3) is 6.32. The van der Waals surface area contributed by atoms with E-state index in [2.05, 4.69) is 25.9 Å². The monoisotopic (exact) mass is 510 g/mol. The van der Waals surface area contributed by atoms with E-state index >= 15 is 0 Å². The largest absolute Gasteiger partial charge is 0.382 e. The van der Waals surface area contributed by atoms with Gasteiger partial charge in [-0.2, -0.15) is 0 Å². The molecule has 5 N–H and O–H groups in total. The number of carbonyl (C=O) groups is 1. The number of rotatable bonds is 9. The molecule has 0 unspecified atom stereocenters. The van der Waals surface area contributed by atoms with Crippen LogP contribution in [-0.4, -0.2) is 36.9 Å². The molecule has 1 amide bonds. The van der Waals surface area contributed by atoms with E-state index in [9.17, 15) is 13.2 Å². The lowest BCUT2D eigenvalue weighted by Crippen LogP contribution is -2.27. The second-order valence-electron chi connectivity index (χ2n) is 8.27. The average molecular weight is 511 g/mol. The summed E-state index contributed by atoms with van der Waals surface area (Å²) in [5.74, 6) is 0.364. The molecule has 0 saturated carbocycles. The molecule has 0 atom stereocenters. The molecule has 0 saturated heterocycles. The van der Waals surface area contributed by atoms with E-state index in [1.54, 1.807) is 29.7 Å². The van der Waals surface area contributed by atoms with Gasteiger partial charge in [0, 0.05) is 30.5 Å². The number of aromatic nitrogens is 2. The van der Waals surface area contributed by atoms with Gasteiger partial charge in [0.05, 0.1) is 31.9 Å². The van der Waals surface area contributed by atoms with Gasteiger partial charge >= 0.3 is 0 Å². The highest BCUT2D eigenvalue weighted by molar-refractivity contribution is 7.89. The zero-order valence-electron chi connectivity index (χ0n) is 19.3. The SMILES string of the molecule is CC(C)Nc1cc(Nc2ccc3ncsc3c2)ncc1C(=O)NCCc1ccc(S(N)(=O)=O)cc1. The van der Waals surface area contributed by atoms with E-state index in [1.165, 1.54) is 12.1 Å². The van der Waals surface area contributed by atoms with Crippen molar-refractivity contribution in [1.29, 1.82) is 0 Å². The van der Waals surface area contributed by atoms with Crippen molar-refractivity contribution in [2.45, 2.75) is 31.2 Å². The van der Waals surface area contributed by atoms with Crippen LogP contribution in [0.1, 0.15) is 29.8 Å². The van der Waals surface area contributed by atoms with Crippen LogP contribution in [-0.2, 0) is 16.4 Å². The van der Waals surface area contributed by atoms with E-state index in [-0.39, 0.29) is 16.8 Å². The van der Waals surface area contributed by atoms with Crippen LogP contribution in [0.3, 0.4) is 0 Å². The Bertz CT molecular complexity index is 1450. The number of primary sulfonamides is 1. The Morgan fingerprint density at radius 3 is 2.57 bits per heavy atom. The number of amides is 1. The van der Waals surface area contributed by atoms with Crippen LogP contribution in [0.25, 0.3) is 10.2 Å². The number of hydrogen-bond donors (Lipinski definition) is 4. The molecule has 0 aliphatic carbocycles. The van der Waals surface area contributed by atoms with Gasteiger partial charge < -0.3 is 16.0 Å². The van der Waals surface area contributed by atoms with Gasteiger partial charge in [-0.25, -0.2) is 23.5 Å². The first-order valence-corrected chi connectivity index (χ1v) is 13.4. The minimum Gasteiger partial charge on any atom is -0.382 e. The second-order valence-corrected chi connectivity index (χ2v) is 10.7. The molecule has 0 spiro atoms. The number of sulfonamides is 1. The Kier molecular flexibility index (Phi) is 7.29. The van der Waals surface area contributed by atoms with Crippen LogP contribution < -0.4 is 21.1 Å². The summed E-state index contributed by atoms with van der Waals surface area (Å²) in [7, 11) is -3.73. The lowest BCUT2D eigenvalue weighted by Gasteiger charge is -2.16. The van der Waals surface area contributed by atoms with Crippen LogP contribution in [0.4, 0.5) is 17.2 Å². The molecule has 0 aliphatic heterocycles. The van der Waals surface area contributed by atoms with E-state index < -0.39 is 10.0 Å². The molecule has 4 aromatic rings. The first-order valence-electron chi connectivity index (χ1n) is 11.0. The fourth-order valence-electron chi connectivity index (χ4n) is 3.48. The highest BCUT2D eigenvalue weighted by Gasteiger charge is 2.15. The summed E-state index contributed by atoms with van der Waals surface area (Å²) in [6, 6.07) is 14.1. The topological polar surface area (TPSA) is 139 Å². The molecule has 9 nitrogen and oxygen atoms in total. The summed E-state index contributed by atoms with van der Waals surface area (Å²) in [5.41, 5.74) is 5.63. The van der Waals surface area contributed by atoms with Crippen LogP contribution in [0.15, 0.2) is 65.1 Å². The first-order chi connectivity index (χ1) is 16.7. The zero-order valence-corrected chi connectivity index (χ0v) is 20.9. The summed E-state index contributed by atoms with van der Waals surface area (Å²) in [6.45, 7) is 4.37. The highest BCUT2D eigenvalue weighted by atomic mass is 32.2. The number of nitrogens with two attached hydrogens (primary N) is 1. The molecule has 35 heavy (non-hydrogen) atoms. The summed E-state index contributed by atoms with van der Waals surface area (Å²) < 4.78 is 23.8. The number of carbonyl (C=O) groups excluding carboxylic acids is 1. The van der Waals surface area contributed by atoms with Gasteiger partial charge in [-0.15, -0.1) is 11.3 Å². The molecule has 4 rings (SSSR count). The molecular weight excluding hydrogens is 484 g/mol. The predicted octanol–water partition coefficient (Wildman–Crippen LogP) is 3.88. The number of nitrogens with one attached hydrogen (secondary N) is 3. The summed E-state index contributed by atoms with van der Waals surface area (Å²) in [5, 5.41) is 14.6. The van der Waals surface area contributed by atoms with Crippen molar-refractivity contribution in [3.05, 3.63) is 71.4 Å². The summed E-state index contributed by atoms with van der Waals surface area (Å²) in [4.78, 5) is 21.7. The van der Waals surface area contributed by atoms with Crippen LogP contribution in [0, 0.1) is 0 Å². The molecule has 2 aromatic carbocycles. The summed E-state index contributed by atoms with van der Waals surface area (Å²) in [6.07, 6.45) is 2.09. The molecule has 11 heteroatoms. The van der Waals surface area contributed by atoms with E-state index in [0.29, 0.717) is 30.0 Å². The van der Waals surface area contributed by atoms with Gasteiger partial charge in [-0.1, -0.05) is 12.1 Å². The van der Waals surface area contributed by atoms with Crippen molar-refractivity contribution in [2.24, 2.45) is 5.14 Å². The smallest absolute Gasteiger partial charge is 0.254 e. The number of anilines is 3. The Hall–Kier alpha value is -3.54. The molecule has 2 aromatic heterocycles. The highest BCUT2D eigenvalue weighted by Crippen LogP contribution is 2.26. The zero-order chi connectivity index (χ0) is 25.0. The normalized spacial score (nSPS) is 11.5. The Labute approximate surface area is 207 Å². The lowest BCUT2D eigenvalue weighted by atomic mass is 10.1. The second kappa shape index (κ2) is 10.4. The lowest BCUT2D eigenvalue weighted by molar-refractivity contribution is 0.0954. The van der Waals surface area contributed by atoms with Crippen molar-refractivity contribution < 1.29 is 13.2 Å². The van der Waals surface area contributed by atoms with Crippen molar-refractivity contribution in [2.75, 3.05) is 17.2 Å². The van der Waals surface area contributed by atoms with Gasteiger partial charge in [0.1, 0.15) is 5.82 Å². The quantitative estimate of drug-likeness (QED) is 0.268. The number of nitrogens with zero attached hydrogens (tertiary/aromatic N) is 2. The minimum atomic E-state index is -3.73. The third-order valence-corrected chi connectivity index (χ3v) is 6.87. The van der Waals surface area contributed by atoms with Crippen LogP contribution >= 0.6 is 11.3 Å². The number of fused-ring (bicyclic) bond motifs is 1. The Morgan fingerprint density at radius 2 is 1.86 bits per heavy atom. The molecule has 2 heterocycles. The maximum absolute atomic E-state index is 12.9. The van der Waals surface area contributed by atoms with Crippen molar-refractivity contribution >= 4 is 54.7 Å². The standard InChI is InChI=1S/C24H26N6O3S2/c1-15(2)29-21-12-23(30-17-5-8-20-22(11-17)34-14-28-20)27-13-19(21)24(31)26-10-9-16-3-6-18(7-4-16)35(25,32)33/h3-8,11-15H,9-10H2,1-2H3,(H,26,31)(H2,25,32,33)(H2,27,29,30). The number of benzene rings is 2. The molecule has 0 radical (unpaired) electrons. The molecule has 0 aliphatic rings. The number of pyridine rings is 1. The van der Waals surface area contributed by atoms with E-state index in [1.807, 2.05) is 43.6 Å². The van der Waals surface area contributed by atoms with Crippen molar-refractivity contribution in [3.8, 4) is 0 Å². The first kappa shape index (κ1) is 24.6.